The normalized spacial score (nSPS) is 13.9. The van der Waals surface area contributed by atoms with E-state index >= 15 is 0 Å². The van der Waals surface area contributed by atoms with Gasteiger partial charge in [0, 0.05) is 25.7 Å². The highest BCUT2D eigenvalue weighted by Gasteiger charge is 2.30. The Bertz CT molecular complexity index is 2010. The maximum Gasteiger partial charge on any atom is 0.472 e. The van der Waals surface area contributed by atoms with E-state index in [9.17, 15) is 43.2 Å². The summed E-state index contributed by atoms with van der Waals surface area (Å²) in [5.41, 5.74) is 0. The number of hydrogen-bond acceptors (Lipinski definition) is 15. The molecule has 104 heavy (non-hydrogen) atoms. The predicted molar refractivity (Wildman–Crippen MR) is 428 cm³/mol. The van der Waals surface area contributed by atoms with Gasteiger partial charge in [0.1, 0.15) is 19.3 Å². The van der Waals surface area contributed by atoms with E-state index in [-0.39, 0.29) is 25.7 Å². The molecule has 0 aromatic carbocycles. The number of hydrogen-bond donors (Lipinski definition) is 3. The first kappa shape index (κ1) is 102. The Morgan fingerprint density at radius 3 is 0.654 bits per heavy atom. The molecule has 0 amide bonds. The third-order valence-corrected chi connectivity index (χ3v) is 21.8. The molecule has 0 radical (unpaired) electrons. The van der Waals surface area contributed by atoms with Crippen molar-refractivity contribution in [1.82, 2.24) is 0 Å². The van der Waals surface area contributed by atoms with Gasteiger partial charge in [0.15, 0.2) is 12.2 Å². The third-order valence-electron chi connectivity index (χ3n) is 19.9. The molecule has 2 unspecified atom stereocenters. The fraction of sp³-hybridized carbons (Fsp3) is 0.953. The van der Waals surface area contributed by atoms with Gasteiger partial charge in [-0.2, -0.15) is 0 Å². The number of aliphatic hydroxyl groups is 1. The van der Waals surface area contributed by atoms with Crippen LogP contribution in [0.2, 0.25) is 0 Å². The van der Waals surface area contributed by atoms with Crippen LogP contribution in [0.3, 0.4) is 0 Å². The van der Waals surface area contributed by atoms with E-state index in [2.05, 4.69) is 48.5 Å². The number of ether oxygens (including phenoxy) is 4. The van der Waals surface area contributed by atoms with E-state index in [1.54, 1.807) is 0 Å². The minimum absolute atomic E-state index is 0.106. The Balaban J connectivity index is 5.19. The third kappa shape index (κ3) is 78.2. The Morgan fingerprint density at radius 1 is 0.260 bits per heavy atom. The molecular formula is C85H166O17P2. The van der Waals surface area contributed by atoms with E-state index < -0.39 is 97.5 Å². The largest absolute Gasteiger partial charge is 0.472 e. The highest BCUT2D eigenvalue weighted by Crippen LogP contribution is 2.45. The molecule has 0 aromatic rings. The van der Waals surface area contributed by atoms with Crippen LogP contribution < -0.4 is 0 Å². The first-order chi connectivity index (χ1) is 50.2. The second-order valence-electron chi connectivity index (χ2n) is 32.0. The minimum Gasteiger partial charge on any atom is -0.462 e. The summed E-state index contributed by atoms with van der Waals surface area (Å²) in [6.45, 7) is 12.0. The SMILES string of the molecule is CCCCCCCCCCCC(=O)OC[C@H](COP(=O)(O)OC[C@H](O)COP(=O)(O)OC[C@@H](COC(=O)CCCCCCCCCCCCCCCCCCCCC(C)C)OC(=O)CCCCCCCCCCCCCCCCCCCCC(C)C)OC(=O)CCCCCCCCCCCCC(C)C. The average molecular weight is 1520 g/mol. The summed E-state index contributed by atoms with van der Waals surface area (Å²) in [4.78, 5) is 73.1. The topological polar surface area (TPSA) is 237 Å². The van der Waals surface area contributed by atoms with E-state index in [0.29, 0.717) is 25.7 Å². The molecule has 0 aliphatic heterocycles. The number of esters is 4. The Hall–Kier alpha value is -1.94. The van der Waals surface area contributed by atoms with Crippen molar-refractivity contribution < 1.29 is 80.2 Å². The number of phosphoric acid groups is 2. The number of carbonyl (C=O) groups excluding carboxylic acids is 4. The fourth-order valence-electron chi connectivity index (χ4n) is 13.2. The monoisotopic (exact) mass is 1520 g/mol. The zero-order valence-electron chi connectivity index (χ0n) is 68.5. The fourth-order valence-corrected chi connectivity index (χ4v) is 14.8. The van der Waals surface area contributed by atoms with Gasteiger partial charge in [0.2, 0.25) is 0 Å². The van der Waals surface area contributed by atoms with Gasteiger partial charge >= 0.3 is 39.5 Å². The lowest BCUT2D eigenvalue weighted by Gasteiger charge is -2.21. The highest BCUT2D eigenvalue weighted by molar-refractivity contribution is 7.47. The molecule has 0 fully saturated rings. The minimum atomic E-state index is -4.97. The first-order valence-electron chi connectivity index (χ1n) is 43.8. The molecule has 0 saturated heterocycles. The van der Waals surface area contributed by atoms with Crippen LogP contribution in [0.25, 0.3) is 0 Å². The van der Waals surface area contributed by atoms with Crippen molar-refractivity contribution in [2.45, 2.75) is 465 Å². The lowest BCUT2D eigenvalue weighted by molar-refractivity contribution is -0.161. The quantitative estimate of drug-likeness (QED) is 0.0222. The van der Waals surface area contributed by atoms with Crippen LogP contribution in [0.5, 0.6) is 0 Å². The number of rotatable bonds is 83. The van der Waals surface area contributed by atoms with E-state index in [1.807, 2.05) is 0 Å². The molecule has 0 bridgehead atoms. The smallest absolute Gasteiger partial charge is 0.462 e. The summed E-state index contributed by atoms with van der Waals surface area (Å²) >= 11 is 0. The van der Waals surface area contributed by atoms with Crippen molar-refractivity contribution in [2.24, 2.45) is 17.8 Å². The molecule has 0 saturated carbocycles. The summed E-state index contributed by atoms with van der Waals surface area (Å²) in [6, 6.07) is 0. The lowest BCUT2D eigenvalue weighted by atomic mass is 10.0. The van der Waals surface area contributed by atoms with Crippen molar-refractivity contribution in [3.05, 3.63) is 0 Å². The summed E-state index contributed by atoms with van der Waals surface area (Å²) in [5.74, 6) is 0.288. The van der Waals surface area contributed by atoms with Crippen LogP contribution in [0, 0.1) is 17.8 Å². The zero-order chi connectivity index (χ0) is 76.5. The molecule has 0 aliphatic carbocycles. The number of aliphatic hydroxyl groups excluding tert-OH is 1. The Morgan fingerprint density at radius 2 is 0.442 bits per heavy atom. The molecule has 0 heterocycles. The van der Waals surface area contributed by atoms with Crippen LogP contribution in [-0.4, -0.2) is 96.7 Å². The molecule has 17 nitrogen and oxygen atoms in total. The second kappa shape index (κ2) is 75.1. The van der Waals surface area contributed by atoms with Gasteiger partial charge in [0.25, 0.3) is 0 Å². The van der Waals surface area contributed by atoms with Gasteiger partial charge in [-0.25, -0.2) is 9.13 Å². The van der Waals surface area contributed by atoms with Crippen molar-refractivity contribution in [2.75, 3.05) is 39.6 Å². The average Bonchev–Trinajstić information content (AvgIpc) is 0.902. The van der Waals surface area contributed by atoms with Crippen molar-refractivity contribution in [1.29, 1.82) is 0 Å². The predicted octanol–water partition coefficient (Wildman–Crippen LogP) is 25.7. The summed E-state index contributed by atoms with van der Waals surface area (Å²) < 4.78 is 68.8. The number of carbonyl (C=O) groups is 4. The van der Waals surface area contributed by atoms with Gasteiger partial charge in [-0.05, 0) is 43.4 Å². The van der Waals surface area contributed by atoms with Crippen molar-refractivity contribution in [3.63, 3.8) is 0 Å². The van der Waals surface area contributed by atoms with Crippen molar-refractivity contribution in [3.8, 4) is 0 Å². The standard InChI is InChI=1S/C85H166O17P2/c1-8-9-10-11-12-35-45-52-59-66-82(87)95-72-80(102-85(90)69-62-55-48-41-34-33-38-44-51-58-65-78(6)7)74-99-103(91,92)97-70-79(86)71-98-104(93,94)100-75-81(101-84(89)68-61-54-47-40-32-28-24-20-16-14-18-22-26-30-37-43-50-57-64-77(4)5)73-96-83(88)67-60-53-46-39-31-27-23-19-15-13-17-21-25-29-36-42-49-56-63-76(2)3/h76-81,86H,8-75H2,1-7H3,(H,91,92)(H,93,94)/t79-,80+,81+/m0/s1. The van der Waals surface area contributed by atoms with Crippen LogP contribution >= 0.6 is 15.6 Å². The number of phosphoric ester groups is 2. The van der Waals surface area contributed by atoms with Gasteiger partial charge in [-0.3, -0.25) is 37.3 Å². The molecule has 618 valence electrons. The lowest BCUT2D eigenvalue weighted by Crippen LogP contribution is -2.30. The van der Waals surface area contributed by atoms with Gasteiger partial charge < -0.3 is 33.8 Å². The Labute approximate surface area is 638 Å². The zero-order valence-corrected chi connectivity index (χ0v) is 70.3. The molecule has 19 heteroatoms. The maximum absolute atomic E-state index is 13.1. The summed E-state index contributed by atoms with van der Waals surface area (Å²) in [7, 11) is -9.92. The maximum atomic E-state index is 13.1. The van der Waals surface area contributed by atoms with E-state index in [1.165, 1.54) is 257 Å². The molecule has 0 spiro atoms. The Kier molecular flexibility index (Phi) is 73.7. The molecular weight excluding hydrogens is 1350 g/mol. The van der Waals surface area contributed by atoms with Crippen LogP contribution in [0.15, 0.2) is 0 Å². The van der Waals surface area contributed by atoms with Gasteiger partial charge in [-0.1, -0.05) is 395 Å². The van der Waals surface area contributed by atoms with Gasteiger partial charge in [-0.15, -0.1) is 0 Å². The molecule has 0 aliphatic rings. The number of unbranched alkanes of at least 4 members (excludes halogenated alkanes) is 51. The van der Waals surface area contributed by atoms with E-state index in [0.717, 1.165) is 108 Å². The van der Waals surface area contributed by atoms with E-state index in [4.69, 9.17) is 37.0 Å². The second-order valence-corrected chi connectivity index (χ2v) is 34.9. The van der Waals surface area contributed by atoms with Gasteiger partial charge in [0.05, 0.1) is 26.4 Å². The van der Waals surface area contributed by atoms with Crippen LogP contribution in [0.4, 0.5) is 0 Å². The van der Waals surface area contributed by atoms with Crippen LogP contribution in [-0.2, 0) is 65.4 Å². The highest BCUT2D eigenvalue weighted by atomic mass is 31.2. The summed E-state index contributed by atoms with van der Waals surface area (Å²) in [6.07, 6.45) is 65.4. The molecule has 0 rings (SSSR count). The molecule has 3 N–H and O–H groups in total. The summed E-state index contributed by atoms with van der Waals surface area (Å²) in [5, 5.41) is 10.7. The molecule has 5 atom stereocenters. The first-order valence-corrected chi connectivity index (χ1v) is 46.8. The van der Waals surface area contributed by atoms with Crippen LogP contribution in [0.1, 0.15) is 447 Å². The van der Waals surface area contributed by atoms with Crippen molar-refractivity contribution >= 4 is 39.5 Å². The molecule has 0 aromatic heterocycles.